The molecule has 0 spiro atoms. The monoisotopic (exact) mass is 379 g/mol. The van der Waals surface area contributed by atoms with Crippen LogP contribution in [0.1, 0.15) is 33.1 Å². The minimum atomic E-state index is -3.56. The molecule has 0 aliphatic heterocycles. The fourth-order valence-electron chi connectivity index (χ4n) is 2.80. The molecule has 0 bridgehead atoms. The molecule has 3 atom stereocenters. The van der Waals surface area contributed by atoms with Gasteiger partial charge in [-0.25, -0.2) is 13.1 Å². The maximum Gasteiger partial charge on any atom is 0.242 e. The Hall–Kier alpha value is -0.100. The number of rotatable bonds is 3. The Morgan fingerprint density at radius 1 is 1.30 bits per heavy atom. The third kappa shape index (κ3) is 3.75. The van der Waals surface area contributed by atoms with Gasteiger partial charge in [0.15, 0.2) is 0 Å². The minimum Gasteiger partial charge on any atom is -0.208 e. The van der Waals surface area contributed by atoms with Gasteiger partial charge >= 0.3 is 0 Å². The fourth-order valence-corrected chi connectivity index (χ4v) is 5.21. The van der Waals surface area contributed by atoms with Crippen molar-refractivity contribution in [3.63, 3.8) is 0 Å². The van der Waals surface area contributed by atoms with Gasteiger partial charge in [-0.1, -0.05) is 41.4 Å². The van der Waals surface area contributed by atoms with Gasteiger partial charge in [-0.15, -0.1) is 0 Å². The molecular formula is C14H19BrClNO2S. The molecule has 1 aliphatic carbocycles. The van der Waals surface area contributed by atoms with Crippen molar-refractivity contribution in [1.29, 1.82) is 0 Å². The molecule has 3 unspecified atom stereocenters. The van der Waals surface area contributed by atoms with E-state index < -0.39 is 10.0 Å². The molecule has 0 radical (unpaired) electrons. The first-order valence-corrected chi connectivity index (χ1v) is 9.42. The van der Waals surface area contributed by atoms with E-state index in [2.05, 4.69) is 34.5 Å². The summed E-state index contributed by atoms with van der Waals surface area (Å²) in [5.74, 6) is 1.02. The van der Waals surface area contributed by atoms with Crippen LogP contribution in [0.2, 0.25) is 5.02 Å². The van der Waals surface area contributed by atoms with Crippen LogP contribution in [-0.2, 0) is 10.0 Å². The minimum absolute atomic E-state index is 0.00378. The molecule has 0 amide bonds. The Kier molecular flexibility index (Phi) is 5.16. The van der Waals surface area contributed by atoms with Crippen LogP contribution in [0.5, 0.6) is 0 Å². The van der Waals surface area contributed by atoms with Gasteiger partial charge in [-0.2, -0.15) is 0 Å². The first kappa shape index (κ1) is 16.3. The van der Waals surface area contributed by atoms with Gasteiger partial charge in [0.05, 0.1) is 5.02 Å². The van der Waals surface area contributed by atoms with E-state index in [1.165, 1.54) is 6.07 Å². The van der Waals surface area contributed by atoms with E-state index in [1.54, 1.807) is 12.1 Å². The molecule has 0 saturated heterocycles. The average Bonchev–Trinajstić information content (AvgIpc) is 2.32. The molecule has 1 N–H and O–H groups in total. The molecule has 20 heavy (non-hydrogen) atoms. The zero-order valence-corrected chi connectivity index (χ0v) is 14.7. The summed E-state index contributed by atoms with van der Waals surface area (Å²) >= 11 is 9.32. The number of sulfonamides is 1. The van der Waals surface area contributed by atoms with Crippen molar-refractivity contribution in [3.05, 3.63) is 27.7 Å². The zero-order chi connectivity index (χ0) is 14.9. The normalized spacial score (nSPS) is 27.5. The van der Waals surface area contributed by atoms with Crippen LogP contribution in [0.4, 0.5) is 0 Å². The quantitative estimate of drug-likeness (QED) is 0.854. The molecule has 112 valence electrons. The van der Waals surface area contributed by atoms with E-state index in [9.17, 15) is 8.42 Å². The SMILES string of the molecule is CC1CCC(NS(=O)(=O)c2ccc(Br)cc2Cl)C(C)C1. The lowest BCUT2D eigenvalue weighted by atomic mass is 9.80. The van der Waals surface area contributed by atoms with Gasteiger partial charge in [-0.3, -0.25) is 0 Å². The van der Waals surface area contributed by atoms with Crippen molar-refractivity contribution >= 4 is 37.6 Å². The summed E-state index contributed by atoms with van der Waals surface area (Å²) in [5, 5.41) is 0.240. The molecule has 1 aliphatic rings. The summed E-state index contributed by atoms with van der Waals surface area (Å²) in [6.07, 6.45) is 3.00. The molecule has 1 aromatic carbocycles. The van der Waals surface area contributed by atoms with Crippen LogP contribution < -0.4 is 4.72 Å². The van der Waals surface area contributed by atoms with Crippen LogP contribution in [0, 0.1) is 11.8 Å². The van der Waals surface area contributed by atoms with E-state index in [-0.39, 0.29) is 16.0 Å². The Bertz CT molecular complexity index is 591. The van der Waals surface area contributed by atoms with Crippen LogP contribution in [0.15, 0.2) is 27.6 Å². The maximum atomic E-state index is 12.4. The van der Waals surface area contributed by atoms with Crippen molar-refractivity contribution in [2.75, 3.05) is 0 Å². The Balaban J connectivity index is 2.19. The predicted molar refractivity (Wildman–Crippen MR) is 85.4 cm³/mol. The van der Waals surface area contributed by atoms with Gasteiger partial charge in [-0.05, 0) is 49.3 Å². The van der Waals surface area contributed by atoms with E-state index >= 15 is 0 Å². The molecular weight excluding hydrogens is 362 g/mol. The third-order valence-corrected chi connectivity index (χ3v) is 6.39. The zero-order valence-electron chi connectivity index (χ0n) is 11.6. The smallest absolute Gasteiger partial charge is 0.208 e. The Morgan fingerprint density at radius 2 is 2.00 bits per heavy atom. The molecule has 1 fully saturated rings. The fraction of sp³-hybridized carbons (Fsp3) is 0.571. The molecule has 3 nitrogen and oxygen atoms in total. The highest BCUT2D eigenvalue weighted by Crippen LogP contribution is 2.31. The first-order chi connectivity index (χ1) is 9.29. The first-order valence-electron chi connectivity index (χ1n) is 6.77. The summed E-state index contributed by atoms with van der Waals surface area (Å²) in [4.78, 5) is 0.146. The largest absolute Gasteiger partial charge is 0.242 e. The maximum absolute atomic E-state index is 12.4. The van der Waals surface area contributed by atoms with E-state index in [0.29, 0.717) is 11.8 Å². The second-order valence-electron chi connectivity index (χ2n) is 5.70. The van der Waals surface area contributed by atoms with Gasteiger partial charge in [0, 0.05) is 10.5 Å². The topological polar surface area (TPSA) is 46.2 Å². The Labute approximate surface area is 134 Å². The van der Waals surface area contributed by atoms with E-state index in [0.717, 1.165) is 23.7 Å². The molecule has 1 aromatic rings. The number of halogens is 2. The van der Waals surface area contributed by atoms with Crippen LogP contribution >= 0.6 is 27.5 Å². The highest BCUT2D eigenvalue weighted by molar-refractivity contribution is 9.10. The highest BCUT2D eigenvalue weighted by atomic mass is 79.9. The lowest BCUT2D eigenvalue weighted by molar-refractivity contribution is 0.249. The second kappa shape index (κ2) is 6.34. The molecule has 0 aromatic heterocycles. The third-order valence-electron chi connectivity index (χ3n) is 3.92. The highest BCUT2D eigenvalue weighted by Gasteiger charge is 2.30. The summed E-state index contributed by atoms with van der Waals surface area (Å²) in [6.45, 7) is 4.32. The average molecular weight is 381 g/mol. The van der Waals surface area contributed by atoms with Crippen molar-refractivity contribution in [2.45, 2.75) is 44.0 Å². The Morgan fingerprint density at radius 3 is 2.60 bits per heavy atom. The number of benzene rings is 1. The number of nitrogens with one attached hydrogen (secondary N) is 1. The van der Waals surface area contributed by atoms with Crippen molar-refractivity contribution in [2.24, 2.45) is 11.8 Å². The van der Waals surface area contributed by atoms with Gasteiger partial charge in [0.25, 0.3) is 0 Å². The van der Waals surface area contributed by atoms with Crippen molar-refractivity contribution in [1.82, 2.24) is 4.72 Å². The lowest BCUT2D eigenvalue weighted by Crippen LogP contribution is -2.42. The summed E-state index contributed by atoms with van der Waals surface area (Å²) in [6, 6.07) is 4.82. The van der Waals surface area contributed by atoms with Crippen molar-refractivity contribution in [3.8, 4) is 0 Å². The number of hydrogen-bond acceptors (Lipinski definition) is 2. The lowest BCUT2D eigenvalue weighted by Gasteiger charge is -2.32. The molecule has 0 heterocycles. The summed E-state index contributed by atoms with van der Waals surface area (Å²) in [7, 11) is -3.56. The molecule has 1 saturated carbocycles. The predicted octanol–water partition coefficient (Wildman–Crippen LogP) is 4.21. The molecule has 6 heteroatoms. The van der Waals surface area contributed by atoms with Crippen molar-refractivity contribution < 1.29 is 8.42 Å². The second-order valence-corrected chi connectivity index (χ2v) is 8.70. The summed E-state index contributed by atoms with van der Waals surface area (Å²) in [5.41, 5.74) is 0. The van der Waals surface area contributed by atoms with E-state index in [1.807, 2.05) is 0 Å². The van der Waals surface area contributed by atoms with Gasteiger partial charge < -0.3 is 0 Å². The summed E-state index contributed by atoms with van der Waals surface area (Å²) < 4.78 is 28.5. The van der Waals surface area contributed by atoms with Gasteiger partial charge in [0.2, 0.25) is 10.0 Å². The standard InChI is InChI=1S/C14H19BrClNO2S/c1-9-3-5-13(10(2)7-9)17-20(18,19)14-6-4-11(15)8-12(14)16/h4,6,8-10,13,17H,3,5,7H2,1-2H3. The van der Waals surface area contributed by atoms with Crippen LogP contribution in [0.25, 0.3) is 0 Å². The van der Waals surface area contributed by atoms with Crippen LogP contribution in [0.3, 0.4) is 0 Å². The van der Waals surface area contributed by atoms with Crippen LogP contribution in [-0.4, -0.2) is 14.5 Å². The van der Waals surface area contributed by atoms with Gasteiger partial charge in [0.1, 0.15) is 4.90 Å². The molecule has 2 rings (SSSR count). The van der Waals surface area contributed by atoms with E-state index in [4.69, 9.17) is 11.6 Å². The number of hydrogen-bond donors (Lipinski definition) is 1.